The number of carbonyl (C=O) groups excluding carboxylic acids is 3. The number of hydrogen-bond acceptors (Lipinski definition) is 8. The molecule has 1 amide bonds. The number of rotatable bonds is 6. The Morgan fingerprint density at radius 2 is 1.70 bits per heavy atom. The normalized spacial score (nSPS) is 10.2. The minimum absolute atomic E-state index is 0.0428. The standard InChI is InChI=1S/C16H16N4O7/c1-9-13(20(24)25)7-19(18-9)8-14(21)17-12-5-10(15(22)26-2)4-11(6-12)16(23)27-3/h4-7H,8H2,1-3H3,(H,17,21). The monoisotopic (exact) mass is 376 g/mol. The maximum atomic E-state index is 12.2. The molecule has 0 saturated heterocycles. The van der Waals surface area contributed by atoms with Crippen molar-refractivity contribution in [2.45, 2.75) is 13.5 Å². The van der Waals surface area contributed by atoms with E-state index in [1.54, 1.807) is 0 Å². The fraction of sp³-hybridized carbons (Fsp3) is 0.250. The van der Waals surface area contributed by atoms with E-state index < -0.39 is 22.8 Å². The maximum Gasteiger partial charge on any atom is 0.337 e. The van der Waals surface area contributed by atoms with Gasteiger partial charge in [0.05, 0.1) is 30.3 Å². The van der Waals surface area contributed by atoms with Gasteiger partial charge in [-0.3, -0.25) is 19.6 Å². The molecule has 1 aromatic carbocycles. The van der Waals surface area contributed by atoms with E-state index in [1.165, 1.54) is 39.3 Å². The largest absolute Gasteiger partial charge is 0.465 e. The minimum atomic E-state index is -0.699. The van der Waals surface area contributed by atoms with Crippen LogP contribution in [0.4, 0.5) is 11.4 Å². The van der Waals surface area contributed by atoms with Crippen molar-refractivity contribution in [1.82, 2.24) is 9.78 Å². The van der Waals surface area contributed by atoms with Crippen molar-refractivity contribution in [1.29, 1.82) is 0 Å². The molecule has 1 heterocycles. The molecule has 0 aliphatic rings. The number of amides is 1. The average Bonchev–Trinajstić information content (AvgIpc) is 3.00. The van der Waals surface area contributed by atoms with Crippen LogP contribution in [0.25, 0.3) is 0 Å². The van der Waals surface area contributed by atoms with E-state index in [4.69, 9.17) is 0 Å². The lowest BCUT2D eigenvalue weighted by Gasteiger charge is -2.09. The van der Waals surface area contributed by atoms with Crippen LogP contribution in [0.1, 0.15) is 26.4 Å². The summed E-state index contributed by atoms with van der Waals surface area (Å²) in [5.74, 6) is -1.96. The molecule has 27 heavy (non-hydrogen) atoms. The topological polar surface area (TPSA) is 143 Å². The summed E-state index contributed by atoms with van der Waals surface area (Å²) >= 11 is 0. The van der Waals surface area contributed by atoms with E-state index in [-0.39, 0.29) is 34.7 Å². The quantitative estimate of drug-likeness (QED) is 0.452. The second-order valence-electron chi connectivity index (χ2n) is 5.38. The van der Waals surface area contributed by atoms with Gasteiger partial charge in [0.2, 0.25) is 5.91 Å². The van der Waals surface area contributed by atoms with Gasteiger partial charge in [-0.15, -0.1) is 0 Å². The first-order chi connectivity index (χ1) is 12.7. The molecule has 0 bridgehead atoms. The number of aryl methyl sites for hydroxylation is 1. The van der Waals surface area contributed by atoms with Crippen molar-refractivity contribution >= 4 is 29.2 Å². The second kappa shape index (κ2) is 8.08. The lowest BCUT2D eigenvalue weighted by molar-refractivity contribution is -0.385. The highest BCUT2D eigenvalue weighted by molar-refractivity contribution is 5.99. The molecule has 11 nitrogen and oxygen atoms in total. The van der Waals surface area contributed by atoms with Crippen LogP contribution in [0, 0.1) is 17.0 Å². The van der Waals surface area contributed by atoms with Crippen LogP contribution in [0.15, 0.2) is 24.4 Å². The van der Waals surface area contributed by atoms with E-state index in [9.17, 15) is 24.5 Å². The van der Waals surface area contributed by atoms with Crippen molar-refractivity contribution in [3.05, 3.63) is 51.3 Å². The first-order valence-electron chi connectivity index (χ1n) is 7.55. The van der Waals surface area contributed by atoms with Crippen LogP contribution in [0.2, 0.25) is 0 Å². The van der Waals surface area contributed by atoms with Gasteiger partial charge >= 0.3 is 17.6 Å². The molecular weight excluding hydrogens is 360 g/mol. The zero-order chi connectivity index (χ0) is 20.1. The van der Waals surface area contributed by atoms with Crippen LogP contribution < -0.4 is 5.32 Å². The third-order valence-corrected chi connectivity index (χ3v) is 3.48. The van der Waals surface area contributed by atoms with Crippen LogP contribution in [-0.4, -0.2) is 46.8 Å². The van der Waals surface area contributed by atoms with Gasteiger partial charge in [0.1, 0.15) is 18.4 Å². The van der Waals surface area contributed by atoms with Gasteiger partial charge in [-0.2, -0.15) is 5.10 Å². The summed E-state index contributed by atoms with van der Waals surface area (Å²) in [7, 11) is 2.36. The summed E-state index contributed by atoms with van der Waals surface area (Å²) in [6, 6.07) is 3.92. The summed E-state index contributed by atoms with van der Waals surface area (Å²) in [6.45, 7) is 1.15. The smallest absolute Gasteiger partial charge is 0.337 e. The third-order valence-electron chi connectivity index (χ3n) is 3.48. The predicted molar refractivity (Wildman–Crippen MR) is 91.4 cm³/mol. The van der Waals surface area contributed by atoms with Gasteiger partial charge in [-0.05, 0) is 25.1 Å². The predicted octanol–water partition coefficient (Wildman–Crippen LogP) is 1.31. The summed E-state index contributed by atoms with van der Waals surface area (Å²) in [5.41, 5.74) is 0.209. The molecule has 11 heteroatoms. The molecule has 0 aliphatic carbocycles. The fourth-order valence-corrected chi connectivity index (χ4v) is 2.29. The van der Waals surface area contributed by atoms with Gasteiger partial charge in [-0.25, -0.2) is 9.59 Å². The fourth-order valence-electron chi connectivity index (χ4n) is 2.29. The molecule has 0 atom stereocenters. The molecule has 1 N–H and O–H groups in total. The average molecular weight is 376 g/mol. The van der Waals surface area contributed by atoms with Gasteiger partial charge in [-0.1, -0.05) is 0 Å². The van der Waals surface area contributed by atoms with Crippen molar-refractivity contribution in [2.24, 2.45) is 0 Å². The first-order valence-corrected chi connectivity index (χ1v) is 7.55. The van der Waals surface area contributed by atoms with Crippen LogP contribution >= 0.6 is 0 Å². The van der Waals surface area contributed by atoms with Crippen molar-refractivity contribution in [3.8, 4) is 0 Å². The van der Waals surface area contributed by atoms with Crippen LogP contribution in [0.5, 0.6) is 0 Å². The SMILES string of the molecule is COC(=O)c1cc(NC(=O)Cn2cc([N+](=O)[O-])c(C)n2)cc(C(=O)OC)c1. The number of hydrogen-bond donors (Lipinski definition) is 1. The van der Waals surface area contributed by atoms with E-state index >= 15 is 0 Å². The number of benzene rings is 1. The number of esters is 2. The molecule has 0 unspecified atom stereocenters. The van der Waals surface area contributed by atoms with E-state index in [0.29, 0.717) is 0 Å². The Labute approximate surface area is 153 Å². The first kappa shape index (κ1) is 19.6. The van der Waals surface area contributed by atoms with Crippen molar-refractivity contribution in [2.75, 3.05) is 19.5 Å². The van der Waals surface area contributed by atoms with Crippen molar-refractivity contribution < 1.29 is 28.8 Å². The Morgan fingerprint density at radius 3 is 2.15 bits per heavy atom. The summed E-state index contributed by atoms with van der Waals surface area (Å²) < 4.78 is 10.4. The summed E-state index contributed by atoms with van der Waals surface area (Å²) in [5, 5.41) is 17.2. The number of ether oxygens (including phenoxy) is 2. The Morgan fingerprint density at radius 1 is 1.15 bits per heavy atom. The van der Waals surface area contributed by atoms with Crippen LogP contribution in [-0.2, 0) is 20.8 Å². The number of nitrogens with zero attached hydrogens (tertiary/aromatic N) is 3. The number of anilines is 1. The Kier molecular flexibility index (Phi) is 5.85. The number of aromatic nitrogens is 2. The second-order valence-corrected chi connectivity index (χ2v) is 5.38. The molecule has 0 radical (unpaired) electrons. The lowest BCUT2D eigenvalue weighted by atomic mass is 10.1. The number of methoxy groups -OCH3 is 2. The third kappa shape index (κ3) is 4.66. The van der Waals surface area contributed by atoms with Gasteiger partial charge in [0.25, 0.3) is 0 Å². The summed E-state index contributed by atoms with van der Waals surface area (Å²) in [6.07, 6.45) is 1.14. The molecule has 2 rings (SSSR count). The molecule has 142 valence electrons. The molecule has 0 aliphatic heterocycles. The lowest BCUT2D eigenvalue weighted by Crippen LogP contribution is -2.20. The van der Waals surface area contributed by atoms with E-state index in [0.717, 1.165) is 10.9 Å². The van der Waals surface area contributed by atoms with E-state index in [2.05, 4.69) is 19.9 Å². The zero-order valence-electron chi connectivity index (χ0n) is 14.7. The molecular formula is C16H16N4O7. The number of nitrogens with one attached hydrogen (secondary N) is 1. The molecule has 0 spiro atoms. The highest BCUT2D eigenvalue weighted by Crippen LogP contribution is 2.18. The molecule has 2 aromatic rings. The Bertz CT molecular complexity index is 885. The Hall–Kier alpha value is -3.76. The van der Waals surface area contributed by atoms with Gasteiger partial charge in [0, 0.05) is 5.69 Å². The highest BCUT2D eigenvalue weighted by Gasteiger charge is 2.18. The zero-order valence-corrected chi connectivity index (χ0v) is 14.7. The maximum absolute atomic E-state index is 12.2. The van der Waals surface area contributed by atoms with Crippen LogP contribution in [0.3, 0.4) is 0 Å². The number of carbonyl (C=O) groups is 3. The molecule has 1 aromatic heterocycles. The van der Waals surface area contributed by atoms with Gasteiger partial charge in [0.15, 0.2) is 0 Å². The molecule has 0 saturated carbocycles. The Balaban J connectivity index is 2.23. The highest BCUT2D eigenvalue weighted by atomic mass is 16.6. The number of nitro groups is 1. The molecule has 0 fully saturated rings. The minimum Gasteiger partial charge on any atom is -0.465 e. The summed E-state index contributed by atoms with van der Waals surface area (Å²) in [4.78, 5) is 45.9. The van der Waals surface area contributed by atoms with Gasteiger partial charge < -0.3 is 14.8 Å². The van der Waals surface area contributed by atoms with Crippen molar-refractivity contribution in [3.63, 3.8) is 0 Å². The van der Waals surface area contributed by atoms with E-state index in [1.807, 2.05) is 0 Å².